The maximum absolute atomic E-state index is 12.5. The lowest BCUT2D eigenvalue weighted by atomic mass is 10.0. The van der Waals surface area contributed by atoms with Gasteiger partial charge in [0.1, 0.15) is 5.69 Å². The van der Waals surface area contributed by atoms with E-state index in [1.807, 2.05) is 41.3 Å². The lowest BCUT2D eigenvalue weighted by Crippen LogP contribution is -2.36. The fourth-order valence-electron chi connectivity index (χ4n) is 4.08. The topological polar surface area (TPSA) is 49.3 Å². The summed E-state index contributed by atoms with van der Waals surface area (Å²) in [5.41, 5.74) is 1.86. The number of hydrogen-bond acceptors (Lipinski definition) is 4. The van der Waals surface area contributed by atoms with E-state index in [1.54, 1.807) is 0 Å². The first-order valence-electron chi connectivity index (χ1n) is 10.3. The number of anilines is 1. The summed E-state index contributed by atoms with van der Waals surface area (Å²) in [5, 5.41) is 12.1. The smallest absolute Gasteiger partial charge is 0.225 e. The van der Waals surface area contributed by atoms with Crippen LogP contribution in [0.1, 0.15) is 19.3 Å². The van der Waals surface area contributed by atoms with Crippen molar-refractivity contribution in [2.75, 3.05) is 31.1 Å². The van der Waals surface area contributed by atoms with Gasteiger partial charge in [0.15, 0.2) is 5.82 Å². The lowest BCUT2D eigenvalue weighted by molar-refractivity contribution is -0.132. The molecule has 1 saturated carbocycles. The van der Waals surface area contributed by atoms with E-state index in [0.717, 1.165) is 73.3 Å². The molecule has 2 aromatic carbocycles. The molecular formula is C23H23ClN4O. The zero-order valence-corrected chi connectivity index (χ0v) is 17.0. The summed E-state index contributed by atoms with van der Waals surface area (Å²) in [6.07, 6.45) is 3.07. The molecule has 2 heterocycles. The summed E-state index contributed by atoms with van der Waals surface area (Å²) < 4.78 is 0. The van der Waals surface area contributed by atoms with E-state index in [4.69, 9.17) is 11.6 Å². The van der Waals surface area contributed by atoms with Crippen LogP contribution >= 0.6 is 11.6 Å². The molecule has 5 nitrogen and oxygen atoms in total. The Morgan fingerprint density at radius 3 is 2.41 bits per heavy atom. The van der Waals surface area contributed by atoms with Crippen LogP contribution in [0.15, 0.2) is 48.5 Å². The van der Waals surface area contributed by atoms with E-state index in [1.165, 1.54) is 0 Å². The molecular weight excluding hydrogens is 384 g/mol. The Labute approximate surface area is 175 Å². The third-order valence-electron chi connectivity index (χ3n) is 5.82. The molecule has 0 unspecified atom stereocenters. The molecule has 3 aromatic rings. The summed E-state index contributed by atoms with van der Waals surface area (Å²) in [7, 11) is 0. The summed E-state index contributed by atoms with van der Waals surface area (Å²) in [6, 6.07) is 16.0. The number of fused-ring (bicyclic) bond motifs is 1. The number of rotatable bonds is 3. The number of carbonyl (C=O) groups excluding carboxylic acids is 1. The maximum Gasteiger partial charge on any atom is 0.225 e. The van der Waals surface area contributed by atoms with Crippen molar-refractivity contribution >= 4 is 34.1 Å². The minimum absolute atomic E-state index is 0.279. The van der Waals surface area contributed by atoms with Crippen molar-refractivity contribution in [2.45, 2.75) is 19.3 Å². The highest BCUT2D eigenvalue weighted by atomic mass is 35.5. The monoisotopic (exact) mass is 406 g/mol. The molecule has 1 aliphatic heterocycles. The van der Waals surface area contributed by atoms with Crippen LogP contribution in [0.3, 0.4) is 0 Å². The molecule has 0 N–H and O–H groups in total. The van der Waals surface area contributed by atoms with Gasteiger partial charge in [0.05, 0.1) is 0 Å². The number of nitrogens with zero attached hydrogens (tertiary/aromatic N) is 4. The average molecular weight is 407 g/mol. The highest BCUT2D eigenvalue weighted by molar-refractivity contribution is 6.30. The van der Waals surface area contributed by atoms with E-state index in [-0.39, 0.29) is 5.92 Å². The van der Waals surface area contributed by atoms with Crippen molar-refractivity contribution in [3.05, 3.63) is 53.6 Å². The van der Waals surface area contributed by atoms with Gasteiger partial charge in [0.25, 0.3) is 0 Å². The Hall–Kier alpha value is -2.66. The number of amides is 1. The van der Waals surface area contributed by atoms with Gasteiger partial charge in [-0.2, -0.15) is 0 Å². The predicted octanol–water partition coefficient (Wildman–Crippen LogP) is 4.40. The normalized spacial score (nSPS) is 17.4. The van der Waals surface area contributed by atoms with Crippen molar-refractivity contribution < 1.29 is 4.79 Å². The first-order valence-corrected chi connectivity index (χ1v) is 10.6. The van der Waals surface area contributed by atoms with Crippen LogP contribution in [-0.4, -0.2) is 47.2 Å². The second-order valence-electron chi connectivity index (χ2n) is 7.86. The van der Waals surface area contributed by atoms with Gasteiger partial charge in [-0.3, -0.25) is 4.79 Å². The number of hydrogen-bond donors (Lipinski definition) is 0. The highest BCUT2D eigenvalue weighted by Gasteiger charge is 2.34. The molecule has 2 aliphatic rings. The number of benzene rings is 2. The van der Waals surface area contributed by atoms with Crippen molar-refractivity contribution in [3.8, 4) is 11.3 Å². The Morgan fingerprint density at radius 1 is 0.897 bits per heavy atom. The Kier molecular flexibility index (Phi) is 4.84. The summed E-state index contributed by atoms with van der Waals surface area (Å²) >= 11 is 6.05. The van der Waals surface area contributed by atoms with Crippen LogP contribution in [-0.2, 0) is 4.79 Å². The van der Waals surface area contributed by atoms with Gasteiger partial charge < -0.3 is 9.80 Å². The minimum Gasteiger partial charge on any atom is -0.353 e. The standard InChI is InChI=1S/C23H23ClN4O/c24-18-10-8-16(9-11-18)21-19-4-1-2-5-20(19)22(26-25-21)27-12-3-13-28(15-14-27)23(29)17-6-7-17/h1-2,4-5,8-11,17H,3,6-7,12-15H2. The van der Waals surface area contributed by atoms with Crippen LogP contribution in [0.5, 0.6) is 0 Å². The lowest BCUT2D eigenvalue weighted by Gasteiger charge is -2.24. The zero-order chi connectivity index (χ0) is 19.8. The second-order valence-corrected chi connectivity index (χ2v) is 8.30. The molecule has 0 bridgehead atoms. The second kappa shape index (κ2) is 7.64. The Morgan fingerprint density at radius 2 is 1.66 bits per heavy atom. The Bertz CT molecular complexity index is 1050. The molecule has 1 aliphatic carbocycles. The molecule has 29 heavy (non-hydrogen) atoms. The largest absolute Gasteiger partial charge is 0.353 e. The molecule has 6 heteroatoms. The number of carbonyl (C=O) groups is 1. The van der Waals surface area contributed by atoms with Crippen LogP contribution < -0.4 is 4.90 Å². The number of halogens is 1. The van der Waals surface area contributed by atoms with Gasteiger partial charge in [-0.25, -0.2) is 0 Å². The molecule has 1 saturated heterocycles. The highest BCUT2D eigenvalue weighted by Crippen LogP contribution is 2.33. The van der Waals surface area contributed by atoms with E-state index < -0.39 is 0 Å². The van der Waals surface area contributed by atoms with Crippen molar-refractivity contribution in [3.63, 3.8) is 0 Å². The van der Waals surface area contributed by atoms with Gasteiger partial charge in [0.2, 0.25) is 5.91 Å². The molecule has 0 spiro atoms. The number of aromatic nitrogens is 2. The van der Waals surface area contributed by atoms with E-state index in [9.17, 15) is 4.79 Å². The molecule has 0 atom stereocenters. The van der Waals surface area contributed by atoms with Crippen molar-refractivity contribution in [1.82, 2.24) is 15.1 Å². The first kappa shape index (κ1) is 18.4. The molecule has 0 radical (unpaired) electrons. The zero-order valence-electron chi connectivity index (χ0n) is 16.2. The fraction of sp³-hybridized carbons (Fsp3) is 0.348. The first-order chi connectivity index (χ1) is 14.2. The van der Waals surface area contributed by atoms with Gasteiger partial charge >= 0.3 is 0 Å². The predicted molar refractivity (Wildman–Crippen MR) is 116 cm³/mol. The van der Waals surface area contributed by atoms with Crippen LogP contribution in [0, 0.1) is 5.92 Å². The Balaban J connectivity index is 1.47. The van der Waals surface area contributed by atoms with Crippen molar-refractivity contribution in [1.29, 1.82) is 0 Å². The van der Waals surface area contributed by atoms with Crippen LogP contribution in [0.25, 0.3) is 22.0 Å². The van der Waals surface area contributed by atoms with E-state index >= 15 is 0 Å². The molecule has 5 rings (SSSR count). The van der Waals surface area contributed by atoms with Gasteiger partial charge in [-0.1, -0.05) is 48.0 Å². The third-order valence-corrected chi connectivity index (χ3v) is 6.07. The van der Waals surface area contributed by atoms with Gasteiger partial charge in [-0.05, 0) is 31.4 Å². The summed E-state index contributed by atoms with van der Waals surface area (Å²) in [6.45, 7) is 3.26. The SMILES string of the molecule is O=C(C1CC1)N1CCCN(c2nnc(-c3ccc(Cl)cc3)c3ccccc23)CC1. The molecule has 2 fully saturated rings. The maximum atomic E-state index is 12.5. The van der Waals surface area contributed by atoms with Crippen LogP contribution in [0.2, 0.25) is 5.02 Å². The summed E-state index contributed by atoms with van der Waals surface area (Å²) in [4.78, 5) is 16.8. The molecule has 1 amide bonds. The summed E-state index contributed by atoms with van der Waals surface area (Å²) in [5.74, 6) is 1.51. The van der Waals surface area contributed by atoms with Gasteiger partial charge in [0, 0.05) is 53.5 Å². The molecule has 1 aromatic heterocycles. The van der Waals surface area contributed by atoms with E-state index in [0.29, 0.717) is 10.9 Å². The van der Waals surface area contributed by atoms with E-state index in [2.05, 4.69) is 27.2 Å². The average Bonchev–Trinajstić information content (AvgIpc) is 3.60. The fourth-order valence-corrected chi connectivity index (χ4v) is 4.21. The quantitative estimate of drug-likeness (QED) is 0.646. The van der Waals surface area contributed by atoms with Crippen molar-refractivity contribution in [2.24, 2.45) is 5.92 Å². The van der Waals surface area contributed by atoms with Crippen LogP contribution in [0.4, 0.5) is 5.82 Å². The third kappa shape index (κ3) is 3.67. The molecule has 148 valence electrons. The van der Waals surface area contributed by atoms with Gasteiger partial charge in [-0.15, -0.1) is 10.2 Å². The minimum atomic E-state index is 0.279.